The van der Waals surface area contributed by atoms with E-state index in [2.05, 4.69) is 14.6 Å². The molecule has 0 aromatic heterocycles. The Morgan fingerprint density at radius 1 is 1.19 bits per heavy atom. The van der Waals surface area contributed by atoms with Gasteiger partial charge in [-0.05, 0) is 61.7 Å². The Kier molecular flexibility index (Phi) is 6.04. The maximum Gasteiger partial charge on any atom is 0.229 e. The van der Waals surface area contributed by atoms with Crippen LogP contribution in [0.3, 0.4) is 0 Å². The molecule has 0 bridgehead atoms. The van der Waals surface area contributed by atoms with Gasteiger partial charge in [-0.2, -0.15) is 0 Å². The highest BCUT2D eigenvalue weighted by atomic mass is 32.2. The molecule has 0 fully saturated rings. The van der Waals surface area contributed by atoms with Gasteiger partial charge >= 0.3 is 0 Å². The SMILES string of the molecule is CC(=O)Nc1cc(C)c(N(c2cccc(C(C)(F)P)c2)[SH](=O)=O)c(C)c1. The second kappa shape index (κ2) is 7.72. The van der Waals surface area contributed by atoms with Crippen molar-refractivity contribution < 1.29 is 17.6 Å². The third kappa shape index (κ3) is 4.59. The predicted molar refractivity (Wildman–Crippen MR) is 107 cm³/mol. The van der Waals surface area contributed by atoms with Crippen molar-refractivity contribution in [3.8, 4) is 0 Å². The lowest BCUT2D eigenvalue weighted by molar-refractivity contribution is -0.114. The molecule has 0 aliphatic carbocycles. The Bertz CT molecular complexity index is 892. The van der Waals surface area contributed by atoms with E-state index in [1.165, 1.54) is 19.9 Å². The van der Waals surface area contributed by atoms with E-state index >= 15 is 0 Å². The summed E-state index contributed by atoms with van der Waals surface area (Å²) >= 11 is 0. The van der Waals surface area contributed by atoms with Crippen molar-refractivity contribution in [1.29, 1.82) is 0 Å². The van der Waals surface area contributed by atoms with Gasteiger partial charge in [0.15, 0.2) is 0 Å². The number of halogens is 1. The van der Waals surface area contributed by atoms with Gasteiger partial charge in [0.1, 0.15) is 5.41 Å². The average Bonchev–Trinajstić information content (AvgIpc) is 2.49. The van der Waals surface area contributed by atoms with Crippen LogP contribution in [0.1, 0.15) is 30.5 Å². The summed E-state index contributed by atoms with van der Waals surface area (Å²) in [7, 11) is -0.906. The van der Waals surface area contributed by atoms with Gasteiger partial charge in [0.05, 0.1) is 11.4 Å². The Morgan fingerprint density at radius 3 is 2.23 bits per heavy atom. The van der Waals surface area contributed by atoms with Crippen LogP contribution in [-0.4, -0.2) is 14.3 Å². The second-order valence-electron chi connectivity index (χ2n) is 6.32. The van der Waals surface area contributed by atoms with E-state index in [9.17, 15) is 17.6 Å². The summed E-state index contributed by atoms with van der Waals surface area (Å²) in [6.07, 6.45) is 0. The number of amides is 1. The highest BCUT2D eigenvalue weighted by molar-refractivity contribution is 7.74. The molecule has 0 saturated carbocycles. The summed E-state index contributed by atoms with van der Waals surface area (Å²) < 4.78 is 39.5. The van der Waals surface area contributed by atoms with Crippen molar-refractivity contribution in [2.45, 2.75) is 33.1 Å². The topological polar surface area (TPSA) is 66.5 Å². The molecule has 0 spiro atoms. The zero-order valence-corrected chi connectivity index (χ0v) is 17.1. The van der Waals surface area contributed by atoms with Gasteiger partial charge in [-0.3, -0.25) is 4.79 Å². The number of hydrogen-bond acceptors (Lipinski definition) is 3. The van der Waals surface area contributed by atoms with Crippen molar-refractivity contribution in [3.05, 3.63) is 53.1 Å². The van der Waals surface area contributed by atoms with Crippen LogP contribution in [0.25, 0.3) is 0 Å². The van der Waals surface area contributed by atoms with E-state index in [0.29, 0.717) is 33.8 Å². The fraction of sp³-hybridized carbons (Fsp3) is 0.278. The number of hydrogen-bond donors (Lipinski definition) is 2. The smallest absolute Gasteiger partial charge is 0.229 e. The van der Waals surface area contributed by atoms with Gasteiger partial charge in [0, 0.05) is 12.6 Å². The fourth-order valence-corrected chi connectivity index (χ4v) is 3.78. The summed E-state index contributed by atoms with van der Waals surface area (Å²) in [4.78, 5) is 11.3. The molecular weight excluding hydrogens is 374 g/mol. The van der Waals surface area contributed by atoms with E-state index in [1.807, 2.05) is 0 Å². The number of nitrogens with one attached hydrogen (secondary N) is 1. The molecule has 140 valence electrons. The lowest BCUT2D eigenvalue weighted by Crippen LogP contribution is -2.18. The molecule has 1 amide bonds. The molecule has 2 rings (SSSR count). The zero-order valence-electron chi connectivity index (χ0n) is 15.0. The monoisotopic (exact) mass is 396 g/mol. The molecule has 0 heterocycles. The van der Waals surface area contributed by atoms with Crippen LogP contribution in [0, 0.1) is 13.8 Å². The standard InChI is InChI=1S/C18H22FN2O3PS/c1-11-8-15(20-13(3)22)9-12(2)17(11)21(26(23)24)16-7-5-6-14(10-16)18(4,19)25/h5-10,26H,25H2,1-4H3,(H,20,22). The van der Waals surface area contributed by atoms with E-state index in [1.54, 1.807) is 44.2 Å². The molecule has 2 unspecified atom stereocenters. The van der Waals surface area contributed by atoms with E-state index in [-0.39, 0.29) is 5.91 Å². The number of thiol groups is 1. The van der Waals surface area contributed by atoms with E-state index < -0.39 is 16.3 Å². The number of alkyl halides is 1. The number of anilines is 3. The number of benzene rings is 2. The number of aryl methyl sites for hydroxylation is 2. The van der Waals surface area contributed by atoms with Crippen molar-refractivity contribution in [2.24, 2.45) is 0 Å². The molecule has 0 aliphatic rings. The van der Waals surface area contributed by atoms with Crippen LogP contribution < -0.4 is 9.62 Å². The molecule has 0 radical (unpaired) electrons. The number of nitrogens with zero attached hydrogens (tertiary/aromatic N) is 1. The first kappa shape index (κ1) is 20.3. The van der Waals surface area contributed by atoms with Crippen molar-refractivity contribution in [3.63, 3.8) is 0 Å². The molecule has 2 atom stereocenters. The van der Waals surface area contributed by atoms with Gasteiger partial charge < -0.3 is 5.32 Å². The first-order chi connectivity index (χ1) is 12.0. The average molecular weight is 396 g/mol. The normalized spacial score (nSPS) is 13.3. The van der Waals surface area contributed by atoms with Crippen LogP contribution in [0.4, 0.5) is 21.5 Å². The molecule has 5 nitrogen and oxygen atoms in total. The summed E-state index contributed by atoms with van der Waals surface area (Å²) in [6.45, 7) is 6.31. The van der Waals surface area contributed by atoms with Crippen LogP contribution in [0.2, 0.25) is 0 Å². The highest BCUT2D eigenvalue weighted by Crippen LogP contribution is 2.38. The van der Waals surface area contributed by atoms with Crippen LogP contribution >= 0.6 is 9.24 Å². The summed E-state index contributed by atoms with van der Waals surface area (Å²) in [5.74, 6) is -0.210. The van der Waals surface area contributed by atoms with E-state index in [4.69, 9.17) is 0 Å². The Balaban J connectivity index is 2.61. The van der Waals surface area contributed by atoms with Gasteiger partial charge in [0.25, 0.3) is 0 Å². The van der Waals surface area contributed by atoms with Crippen molar-refractivity contribution in [2.75, 3.05) is 9.62 Å². The first-order valence-electron chi connectivity index (χ1n) is 7.92. The van der Waals surface area contributed by atoms with Gasteiger partial charge in [0.2, 0.25) is 16.8 Å². The lowest BCUT2D eigenvalue weighted by atomic mass is 10.1. The Labute approximate surface area is 156 Å². The maximum atomic E-state index is 14.3. The second-order valence-corrected chi connectivity index (χ2v) is 8.28. The predicted octanol–water partition coefficient (Wildman–Crippen LogP) is 3.94. The summed E-state index contributed by atoms with van der Waals surface area (Å²) in [5, 5.41) is 1.02. The molecule has 1 N–H and O–H groups in total. The van der Waals surface area contributed by atoms with Crippen molar-refractivity contribution in [1.82, 2.24) is 0 Å². The quantitative estimate of drug-likeness (QED) is 0.594. The summed E-state index contributed by atoms with van der Waals surface area (Å²) in [6, 6.07) is 9.76. The lowest BCUT2D eigenvalue weighted by Gasteiger charge is -2.24. The molecule has 0 saturated heterocycles. The molecule has 0 aliphatic heterocycles. The minimum Gasteiger partial charge on any atom is -0.326 e. The van der Waals surface area contributed by atoms with Gasteiger partial charge in [-0.25, -0.2) is 17.1 Å². The van der Waals surface area contributed by atoms with Gasteiger partial charge in [-0.1, -0.05) is 21.4 Å². The van der Waals surface area contributed by atoms with Crippen molar-refractivity contribution >= 4 is 43.1 Å². The zero-order chi connectivity index (χ0) is 19.6. The molecule has 2 aromatic carbocycles. The number of carbonyl (C=O) groups is 1. The minimum atomic E-state index is -3.01. The first-order valence-corrected chi connectivity index (χ1v) is 9.63. The van der Waals surface area contributed by atoms with Crippen LogP contribution in [0.15, 0.2) is 36.4 Å². The largest absolute Gasteiger partial charge is 0.326 e. The third-order valence-electron chi connectivity index (χ3n) is 3.84. The number of carbonyl (C=O) groups excluding carboxylic acids is 1. The van der Waals surface area contributed by atoms with Crippen LogP contribution in [-0.2, 0) is 21.1 Å². The highest BCUT2D eigenvalue weighted by Gasteiger charge is 2.23. The van der Waals surface area contributed by atoms with Gasteiger partial charge in [-0.15, -0.1) is 0 Å². The molecular formula is C18H22FN2O3PS. The molecule has 26 heavy (non-hydrogen) atoms. The van der Waals surface area contributed by atoms with Crippen LogP contribution in [0.5, 0.6) is 0 Å². The molecule has 2 aromatic rings. The number of rotatable bonds is 5. The molecule has 8 heteroatoms. The maximum absolute atomic E-state index is 14.3. The Hall–Kier alpha value is -1.98. The van der Waals surface area contributed by atoms with E-state index in [0.717, 1.165) is 4.31 Å². The Morgan fingerprint density at radius 2 is 1.77 bits per heavy atom. The fourth-order valence-electron chi connectivity index (χ4n) is 2.81. The summed E-state index contributed by atoms with van der Waals surface area (Å²) in [5.41, 5.74) is 3.12. The third-order valence-corrected chi connectivity index (χ3v) is 4.93. The minimum absolute atomic E-state index is 0.210.